The van der Waals surface area contributed by atoms with Gasteiger partial charge in [-0.3, -0.25) is 14.4 Å². The van der Waals surface area contributed by atoms with Crippen molar-refractivity contribution in [2.45, 2.75) is 135 Å². The summed E-state index contributed by atoms with van der Waals surface area (Å²) in [6, 6.07) is 0. The number of carbonyl (C=O) groups excluding carboxylic acids is 4. The van der Waals surface area contributed by atoms with E-state index in [0.717, 1.165) is 0 Å². The molecular formula is C29H34F12O11. The molecule has 3 aliphatic rings. The molecule has 0 spiro atoms. The van der Waals surface area contributed by atoms with Crippen LogP contribution < -0.4 is 0 Å². The van der Waals surface area contributed by atoms with Crippen molar-refractivity contribution in [3.63, 3.8) is 0 Å². The molecule has 0 aliphatic carbocycles. The standard InChI is InChI=1S/C29H34F12O11/c1-10(2)24(6,9-23(3,4)5)22(45)49-15-13-14(47-18(15)44)16-19(48-13)52-25(7,51-16)11(17(43)50-21(28(36,37)38)29(39,40)41)8-12(42)46-20(26(30,31)32)27(33,34)35/h10-11,13-16,19-21H,8-9H2,1-7H3. The Morgan fingerprint density at radius 1 is 0.750 bits per heavy atom. The number of esters is 4. The van der Waals surface area contributed by atoms with Crippen molar-refractivity contribution in [2.24, 2.45) is 22.7 Å². The van der Waals surface area contributed by atoms with E-state index in [1.165, 1.54) is 0 Å². The quantitative estimate of drug-likeness (QED) is 0.150. The highest BCUT2D eigenvalue weighted by molar-refractivity contribution is 5.84. The lowest BCUT2D eigenvalue weighted by molar-refractivity contribution is -0.321. The molecule has 0 N–H and O–H groups in total. The minimum absolute atomic E-state index is 0.277. The van der Waals surface area contributed by atoms with Gasteiger partial charge >= 0.3 is 48.6 Å². The first-order valence-electron chi connectivity index (χ1n) is 15.2. The number of rotatable bonds is 10. The van der Waals surface area contributed by atoms with Crippen molar-refractivity contribution in [2.75, 3.05) is 0 Å². The summed E-state index contributed by atoms with van der Waals surface area (Å²) in [4.78, 5) is 51.4. The molecule has 3 aliphatic heterocycles. The molecule has 3 heterocycles. The minimum atomic E-state index is -6.36. The summed E-state index contributed by atoms with van der Waals surface area (Å²) >= 11 is 0. The Bertz CT molecular complexity index is 1340. The van der Waals surface area contributed by atoms with Crippen LogP contribution in [-0.4, -0.2) is 97.3 Å². The van der Waals surface area contributed by atoms with E-state index in [2.05, 4.69) is 9.47 Å². The van der Waals surface area contributed by atoms with Gasteiger partial charge in [-0.2, -0.15) is 52.7 Å². The number of carbonyl (C=O) groups is 4. The molecule has 0 aromatic rings. The normalized spacial score (nSPS) is 28.7. The first-order chi connectivity index (χ1) is 23.1. The summed E-state index contributed by atoms with van der Waals surface area (Å²) < 4.78 is 191. The second-order valence-electron chi connectivity index (χ2n) is 14.3. The third kappa shape index (κ3) is 9.34. The highest BCUT2D eigenvalue weighted by Gasteiger charge is 2.69. The Hall–Kier alpha value is -3.08. The van der Waals surface area contributed by atoms with E-state index in [0.29, 0.717) is 6.92 Å². The monoisotopic (exact) mass is 786 g/mol. The zero-order valence-corrected chi connectivity index (χ0v) is 28.1. The van der Waals surface area contributed by atoms with E-state index in [1.54, 1.807) is 20.8 Å². The second kappa shape index (κ2) is 14.0. The van der Waals surface area contributed by atoms with E-state index in [9.17, 15) is 71.9 Å². The van der Waals surface area contributed by atoms with Crippen molar-refractivity contribution >= 4 is 23.9 Å². The smallest absolute Gasteiger partial charge is 0.434 e. The van der Waals surface area contributed by atoms with Crippen LogP contribution in [0, 0.1) is 22.7 Å². The first kappa shape index (κ1) is 43.3. The largest absolute Gasteiger partial charge is 0.454 e. The maximum absolute atomic E-state index is 13.4. The van der Waals surface area contributed by atoms with Crippen LogP contribution in [0.5, 0.6) is 0 Å². The zero-order chi connectivity index (χ0) is 40.4. The average molecular weight is 787 g/mol. The molecule has 11 nitrogen and oxygen atoms in total. The van der Waals surface area contributed by atoms with Crippen molar-refractivity contribution in [3.05, 3.63) is 0 Å². The van der Waals surface area contributed by atoms with Crippen LogP contribution >= 0.6 is 0 Å². The van der Waals surface area contributed by atoms with Crippen LogP contribution in [0.15, 0.2) is 0 Å². The van der Waals surface area contributed by atoms with E-state index < -0.39 is 120 Å². The summed E-state index contributed by atoms with van der Waals surface area (Å²) in [7, 11) is 0. The van der Waals surface area contributed by atoms with Crippen LogP contribution in [-0.2, 0) is 52.3 Å². The summed E-state index contributed by atoms with van der Waals surface area (Å²) in [5, 5.41) is 0. The number of fused-ring (bicyclic) bond motifs is 3. The molecular weight excluding hydrogens is 752 g/mol. The van der Waals surface area contributed by atoms with Gasteiger partial charge in [-0.05, 0) is 31.6 Å². The summed E-state index contributed by atoms with van der Waals surface area (Å²) in [6.07, 6.45) is -45.5. The van der Waals surface area contributed by atoms with E-state index in [-0.39, 0.29) is 12.3 Å². The first-order valence-corrected chi connectivity index (χ1v) is 15.2. The SMILES string of the molecule is CC(C)C(C)(CC(C)(C)C)C(=O)OC1C(=O)OC2C3OC(C)(C(CC(=O)OC(C(F)(F)F)C(F)(F)F)C(=O)OC(C(F)(F)F)C(F)(F)F)OC3OC12. The van der Waals surface area contributed by atoms with Crippen molar-refractivity contribution < 1.29 is 105 Å². The molecule has 300 valence electrons. The minimum Gasteiger partial charge on any atom is -0.454 e. The molecule has 0 aromatic heterocycles. The number of hydrogen-bond donors (Lipinski definition) is 0. The van der Waals surface area contributed by atoms with Crippen molar-refractivity contribution in [3.8, 4) is 0 Å². The van der Waals surface area contributed by atoms with Gasteiger partial charge in [0.05, 0.1) is 11.8 Å². The average Bonchev–Trinajstić information content (AvgIpc) is 3.52. The summed E-state index contributed by atoms with van der Waals surface area (Å²) in [5.74, 6) is -13.7. The van der Waals surface area contributed by atoms with E-state index >= 15 is 0 Å². The highest BCUT2D eigenvalue weighted by atomic mass is 19.4. The van der Waals surface area contributed by atoms with Crippen LogP contribution in [0.1, 0.15) is 61.3 Å². The lowest BCUT2D eigenvalue weighted by Crippen LogP contribution is -2.51. The van der Waals surface area contributed by atoms with Gasteiger partial charge in [0, 0.05) is 0 Å². The maximum atomic E-state index is 13.4. The third-order valence-corrected chi connectivity index (χ3v) is 8.54. The molecule has 3 saturated heterocycles. The molecule has 23 heteroatoms. The summed E-state index contributed by atoms with van der Waals surface area (Å²) in [6.45, 7) is 11.1. The number of hydrogen-bond acceptors (Lipinski definition) is 11. The van der Waals surface area contributed by atoms with Gasteiger partial charge in [0.1, 0.15) is 12.0 Å². The third-order valence-electron chi connectivity index (χ3n) is 8.54. The molecule has 0 saturated carbocycles. The van der Waals surface area contributed by atoms with Crippen LogP contribution in [0.3, 0.4) is 0 Å². The van der Waals surface area contributed by atoms with Gasteiger partial charge in [-0.15, -0.1) is 0 Å². The Labute approximate surface area is 286 Å². The topological polar surface area (TPSA) is 133 Å². The van der Waals surface area contributed by atoms with Gasteiger partial charge in [-0.25, -0.2) is 4.79 Å². The van der Waals surface area contributed by atoms with Gasteiger partial charge in [0.25, 0.3) is 12.2 Å². The Morgan fingerprint density at radius 3 is 1.67 bits per heavy atom. The Morgan fingerprint density at radius 2 is 1.23 bits per heavy atom. The fraction of sp³-hybridized carbons (Fsp3) is 0.862. The van der Waals surface area contributed by atoms with Gasteiger partial charge in [0.2, 0.25) is 6.10 Å². The number of ether oxygens (including phenoxy) is 7. The lowest BCUT2D eigenvalue weighted by atomic mass is 9.69. The molecule has 0 radical (unpaired) electrons. The molecule has 0 amide bonds. The second-order valence-corrected chi connectivity index (χ2v) is 14.3. The van der Waals surface area contributed by atoms with Crippen molar-refractivity contribution in [1.29, 1.82) is 0 Å². The van der Waals surface area contributed by atoms with Gasteiger partial charge in [-0.1, -0.05) is 34.6 Å². The molecule has 8 unspecified atom stereocenters. The fourth-order valence-corrected chi connectivity index (χ4v) is 5.92. The zero-order valence-electron chi connectivity index (χ0n) is 28.1. The molecule has 3 fully saturated rings. The molecule has 0 aromatic carbocycles. The fourth-order valence-electron chi connectivity index (χ4n) is 5.92. The lowest BCUT2D eigenvalue weighted by Gasteiger charge is -2.37. The maximum Gasteiger partial charge on any atom is 0.434 e. The van der Waals surface area contributed by atoms with Gasteiger partial charge < -0.3 is 33.2 Å². The van der Waals surface area contributed by atoms with E-state index in [1.807, 2.05) is 20.8 Å². The van der Waals surface area contributed by atoms with E-state index in [4.69, 9.17) is 23.7 Å². The van der Waals surface area contributed by atoms with Crippen LogP contribution in [0.2, 0.25) is 0 Å². The Balaban J connectivity index is 1.91. The summed E-state index contributed by atoms with van der Waals surface area (Å²) in [5.41, 5.74) is -1.57. The predicted molar refractivity (Wildman–Crippen MR) is 142 cm³/mol. The van der Waals surface area contributed by atoms with Crippen LogP contribution in [0.4, 0.5) is 52.7 Å². The molecule has 0 bridgehead atoms. The molecule has 8 atom stereocenters. The highest BCUT2D eigenvalue weighted by Crippen LogP contribution is 2.49. The van der Waals surface area contributed by atoms with Gasteiger partial charge in [0.15, 0.2) is 24.3 Å². The van der Waals surface area contributed by atoms with Crippen molar-refractivity contribution in [1.82, 2.24) is 0 Å². The number of alkyl halides is 12. The number of halogens is 12. The molecule has 52 heavy (non-hydrogen) atoms. The Kier molecular flexibility index (Phi) is 11.6. The predicted octanol–water partition coefficient (Wildman–Crippen LogP) is 5.86. The molecule has 3 rings (SSSR count). The van der Waals surface area contributed by atoms with Crippen LogP contribution in [0.25, 0.3) is 0 Å².